The summed E-state index contributed by atoms with van der Waals surface area (Å²) in [6.07, 6.45) is 5.04. The molecule has 1 fully saturated rings. The molecule has 0 radical (unpaired) electrons. The fourth-order valence-electron chi connectivity index (χ4n) is 3.93. The van der Waals surface area contributed by atoms with E-state index in [-0.39, 0.29) is 12.5 Å². The standard InChI is InChI=1S/C25H28N6O3/c1-4-20(32)16-34-21-11-22(24-19(12-26)14-28-31(24)15-21)18-5-6-23(27-13-18)29-7-9-30(10-8-29)25(33)17(2)3/h5-6,11,13-15,20,32H,2,4,7-10,16H2,1,3H3/t20-/m0/s1. The molecule has 1 saturated heterocycles. The van der Waals surface area contributed by atoms with Gasteiger partial charge in [-0.15, -0.1) is 0 Å². The van der Waals surface area contributed by atoms with Crippen LogP contribution >= 0.6 is 0 Å². The number of carbonyl (C=O) groups is 1. The first kappa shape index (κ1) is 23.3. The lowest BCUT2D eigenvalue weighted by molar-refractivity contribution is -0.127. The van der Waals surface area contributed by atoms with Gasteiger partial charge in [0.25, 0.3) is 0 Å². The molecule has 176 valence electrons. The van der Waals surface area contributed by atoms with Gasteiger partial charge in [-0.25, -0.2) is 9.50 Å². The summed E-state index contributed by atoms with van der Waals surface area (Å²) in [6, 6.07) is 7.94. The number of ether oxygens (including phenoxy) is 1. The third-order valence-corrected chi connectivity index (χ3v) is 5.94. The Balaban J connectivity index is 1.58. The molecule has 0 saturated carbocycles. The number of hydrogen-bond acceptors (Lipinski definition) is 7. The van der Waals surface area contributed by atoms with E-state index in [0.29, 0.717) is 55.0 Å². The van der Waals surface area contributed by atoms with E-state index in [1.54, 1.807) is 23.8 Å². The van der Waals surface area contributed by atoms with Gasteiger partial charge in [0.1, 0.15) is 24.2 Å². The minimum absolute atomic E-state index is 0.00497. The van der Waals surface area contributed by atoms with Gasteiger partial charge >= 0.3 is 0 Å². The van der Waals surface area contributed by atoms with Gasteiger partial charge in [-0.1, -0.05) is 13.5 Å². The number of nitrogens with zero attached hydrogens (tertiary/aromatic N) is 6. The highest BCUT2D eigenvalue weighted by molar-refractivity contribution is 5.92. The zero-order valence-electron chi connectivity index (χ0n) is 19.4. The van der Waals surface area contributed by atoms with Gasteiger partial charge in [-0.3, -0.25) is 4.79 Å². The van der Waals surface area contributed by atoms with E-state index in [0.717, 1.165) is 16.9 Å². The summed E-state index contributed by atoms with van der Waals surface area (Å²) in [5.74, 6) is 1.37. The van der Waals surface area contributed by atoms with Crippen molar-refractivity contribution in [1.82, 2.24) is 19.5 Å². The largest absolute Gasteiger partial charge is 0.489 e. The molecule has 1 aliphatic rings. The number of anilines is 1. The summed E-state index contributed by atoms with van der Waals surface area (Å²) < 4.78 is 7.39. The Morgan fingerprint density at radius 2 is 2.06 bits per heavy atom. The summed E-state index contributed by atoms with van der Waals surface area (Å²) in [5, 5.41) is 23.7. The van der Waals surface area contributed by atoms with Crippen LogP contribution in [0.2, 0.25) is 0 Å². The number of carbonyl (C=O) groups excluding carboxylic acids is 1. The number of rotatable bonds is 7. The van der Waals surface area contributed by atoms with Crippen LogP contribution in [0.25, 0.3) is 16.6 Å². The van der Waals surface area contributed by atoms with Crippen LogP contribution in [0.5, 0.6) is 5.75 Å². The van der Waals surface area contributed by atoms with Crippen LogP contribution < -0.4 is 9.64 Å². The molecule has 0 bridgehead atoms. The van der Waals surface area contributed by atoms with Crippen LogP contribution in [0.15, 0.2) is 48.9 Å². The Labute approximate surface area is 198 Å². The van der Waals surface area contributed by atoms with Gasteiger partial charge in [0.2, 0.25) is 5.91 Å². The van der Waals surface area contributed by atoms with Crippen LogP contribution in [0.4, 0.5) is 5.82 Å². The first-order chi connectivity index (χ1) is 16.4. The fraction of sp³-hybridized carbons (Fsp3) is 0.360. The molecular formula is C25H28N6O3. The van der Waals surface area contributed by atoms with Gasteiger partial charge in [-0.05, 0) is 31.5 Å². The molecule has 0 spiro atoms. The van der Waals surface area contributed by atoms with Crippen LogP contribution in [0.1, 0.15) is 25.8 Å². The quantitative estimate of drug-likeness (QED) is 0.540. The van der Waals surface area contributed by atoms with E-state index in [1.807, 2.05) is 30.0 Å². The lowest BCUT2D eigenvalue weighted by atomic mass is 10.1. The molecule has 0 aromatic carbocycles. The summed E-state index contributed by atoms with van der Waals surface area (Å²) >= 11 is 0. The lowest BCUT2D eigenvalue weighted by Gasteiger charge is -2.35. The molecule has 4 heterocycles. The van der Waals surface area contributed by atoms with Crippen molar-refractivity contribution in [3.8, 4) is 22.9 Å². The Morgan fingerprint density at radius 1 is 1.29 bits per heavy atom. The summed E-state index contributed by atoms with van der Waals surface area (Å²) in [4.78, 5) is 20.8. The molecule has 4 rings (SSSR count). The number of amides is 1. The summed E-state index contributed by atoms with van der Waals surface area (Å²) in [5.41, 5.74) is 3.27. The minimum Gasteiger partial charge on any atom is -0.489 e. The molecule has 34 heavy (non-hydrogen) atoms. The highest BCUT2D eigenvalue weighted by Crippen LogP contribution is 2.31. The average molecular weight is 461 g/mol. The number of nitriles is 1. The van der Waals surface area contributed by atoms with E-state index in [9.17, 15) is 15.2 Å². The molecule has 0 unspecified atom stereocenters. The van der Waals surface area contributed by atoms with Crippen LogP contribution in [-0.2, 0) is 4.79 Å². The van der Waals surface area contributed by atoms with E-state index in [1.165, 1.54) is 6.20 Å². The maximum atomic E-state index is 12.1. The SMILES string of the molecule is C=C(C)C(=O)N1CCN(c2ccc(-c3cc(OC[C@@H](O)CC)cn4ncc(C#N)c34)cn2)CC1. The second kappa shape index (κ2) is 9.93. The molecule has 0 aliphatic carbocycles. The van der Waals surface area contributed by atoms with Gasteiger partial charge < -0.3 is 19.6 Å². The number of aliphatic hydroxyl groups is 1. The Kier molecular flexibility index (Phi) is 6.80. The minimum atomic E-state index is -0.557. The normalized spacial score (nSPS) is 14.6. The average Bonchev–Trinajstić information content (AvgIpc) is 3.29. The summed E-state index contributed by atoms with van der Waals surface area (Å²) in [6.45, 7) is 10.2. The zero-order chi connectivity index (χ0) is 24.2. The van der Waals surface area contributed by atoms with Gasteiger partial charge in [0.05, 0.1) is 29.6 Å². The highest BCUT2D eigenvalue weighted by Gasteiger charge is 2.22. The van der Waals surface area contributed by atoms with Crippen molar-refractivity contribution < 1.29 is 14.6 Å². The Morgan fingerprint density at radius 3 is 2.68 bits per heavy atom. The van der Waals surface area contributed by atoms with E-state index in [2.05, 4.69) is 27.6 Å². The van der Waals surface area contributed by atoms with Crippen molar-refractivity contribution in [2.45, 2.75) is 26.4 Å². The molecule has 3 aromatic heterocycles. The van der Waals surface area contributed by atoms with Crippen molar-refractivity contribution in [2.24, 2.45) is 0 Å². The topological polar surface area (TPSA) is 107 Å². The van der Waals surface area contributed by atoms with Crippen LogP contribution in [0.3, 0.4) is 0 Å². The fourth-order valence-corrected chi connectivity index (χ4v) is 3.93. The molecule has 1 aliphatic heterocycles. The molecule has 9 heteroatoms. The molecular weight excluding hydrogens is 432 g/mol. The predicted octanol–water partition coefficient (Wildman–Crippen LogP) is 2.64. The van der Waals surface area contributed by atoms with Crippen molar-refractivity contribution in [2.75, 3.05) is 37.7 Å². The maximum absolute atomic E-state index is 12.1. The molecule has 1 amide bonds. The monoisotopic (exact) mass is 460 g/mol. The first-order valence-electron chi connectivity index (χ1n) is 11.3. The third-order valence-electron chi connectivity index (χ3n) is 5.94. The first-order valence-corrected chi connectivity index (χ1v) is 11.3. The lowest BCUT2D eigenvalue weighted by Crippen LogP contribution is -2.49. The number of fused-ring (bicyclic) bond motifs is 1. The van der Waals surface area contributed by atoms with Crippen molar-refractivity contribution in [3.05, 3.63) is 54.5 Å². The smallest absolute Gasteiger partial charge is 0.249 e. The highest BCUT2D eigenvalue weighted by atomic mass is 16.5. The van der Waals surface area contributed by atoms with Gasteiger partial charge in [0.15, 0.2) is 0 Å². The second-order valence-electron chi connectivity index (χ2n) is 8.39. The predicted molar refractivity (Wildman–Crippen MR) is 129 cm³/mol. The molecule has 9 nitrogen and oxygen atoms in total. The Bertz CT molecular complexity index is 1240. The number of aromatic nitrogens is 3. The van der Waals surface area contributed by atoms with Crippen molar-refractivity contribution in [1.29, 1.82) is 5.26 Å². The number of pyridine rings is 2. The van der Waals surface area contributed by atoms with E-state index in [4.69, 9.17) is 4.74 Å². The van der Waals surface area contributed by atoms with Crippen LogP contribution in [-0.4, -0.2) is 69.4 Å². The van der Waals surface area contributed by atoms with Crippen molar-refractivity contribution >= 4 is 17.2 Å². The molecule has 3 aromatic rings. The Hall–Kier alpha value is -3.90. The van der Waals surface area contributed by atoms with E-state index >= 15 is 0 Å². The molecule has 1 atom stereocenters. The van der Waals surface area contributed by atoms with E-state index < -0.39 is 6.10 Å². The van der Waals surface area contributed by atoms with Crippen LogP contribution in [0, 0.1) is 11.3 Å². The zero-order valence-corrected chi connectivity index (χ0v) is 19.4. The van der Waals surface area contributed by atoms with Crippen molar-refractivity contribution in [3.63, 3.8) is 0 Å². The third kappa shape index (κ3) is 4.72. The molecule has 1 N–H and O–H groups in total. The number of aliphatic hydroxyl groups excluding tert-OH is 1. The number of hydrogen-bond donors (Lipinski definition) is 1. The second-order valence-corrected chi connectivity index (χ2v) is 8.39. The van der Waals surface area contributed by atoms with Gasteiger partial charge in [0, 0.05) is 49.1 Å². The number of piperazine rings is 1. The summed E-state index contributed by atoms with van der Waals surface area (Å²) in [7, 11) is 0. The van der Waals surface area contributed by atoms with Gasteiger partial charge in [-0.2, -0.15) is 10.4 Å². The maximum Gasteiger partial charge on any atom is 0.249 e.